The van der Waals surface area contributed by atoms with Crippen LogP contribution in [0.15, 0.2) is 66.7 Å². The van der Waals surface area contributed by atoms with Gasteiger partial charge in [0.05, 0.1) is 12.8 Å². The van der Waals surface area contributed by atoms with Gasteiger partial charge in [-0.2, -0.15) is 5.10 Å². The summed E-state index contributed by atoms with van der Waals surface area (Å²) in [6.07, 6.45) is 0. The van der Waals surface area contributed by atoms with Crippen molar-refractivity contribution < 1.29 is 9.47 Å². The molecule has 6 heteroatoms. The molecule has 0 aliphatic carbocycles. The average Bonchev–Trinajstić information content (AvgIpc) is 3.07. The first-order chi connectivity index (χ1) is 12.8. The van der Waals surface area contributed by atoms with Crippen molar-refractivity contribution in [3.8, 4) is 17.2 Å². The lowest BCUT2D eigenvalue weighted by molar-refractivity contribution is 0.297. The van der Waals surface area contributed by atoms with Gasteiger partial charge in [0.25, 0.3) is 0 Å². The smallest absolute Gasteiger partial charge is 0.199 e. The van der Waals surface area contributed by atoms with Gasteiger partial charge in [-0.05, 0) is 47.9 Å². The van der Waals surface area contributed by atoms with Gasteiger partial charge in [-0.1, -0.05) is 36.4 Å². The van der Waals surface area contributed by atoms with E-state index in [0.29, 0.717) is 17.2 Å². The van der Waals surface area contributed by atoms with Crippen molar-refractivity contribution in [2.45, 2.75) is 6.61 Å². The van der Waals surface area contributed by atoms with E-state index in [1.54, 1.807) is 7.11 Å². The monoisotopic (exact) mass is 363 g/mol. The van der Waals surface area contributed by atoms with Crippen LogP contribution in [0.4, 0.5) is 0 Å². The highest BCUT2D eigenvalue weighted by atomic mass is 32.1. The Morgan fingerprint density at radius 1 is 1.00 bits per heavy atom. The van der Waals surface area contributed by atoms with E-state index in [2.05, 4.69) is 22.3 Å². The summed E-state index contributed by atoms with van der Waals surface area (Å²) in [7, 11) is 1.64. The van der Waals surface area contributed by atoms with Gasteiger partial charge in [0, 0.05) is 5.39 Å². The number of H-pyrrole nitrogens is 1. The number of benzene rings is 3. The molecule has 0 atom stereocenters. The maximum absolute atomic E-state index is 6.05. The quantitative estimate of drug-likeness (QED) is 0.524. The number of hydrogen-bond acceptors (Lipinski definition) is 4. The zero-order valence-electron chi connectivity index (χ0n) is 14.2. The summed E-state index contributed by atoms with van der Waals surface area (Å²) in [5, 5.41) is 9.37. The Labute approximate surface area is 155 Å². The molecule has 1 N–H and O–H groups in total. The first-order valence-corrected chi connectivity index (χ1v) is 8.58. The van der Waals surface area contributed by atoms with Crippen LogP contribution in [0.1, 0.15) is 5.82 Å². The molecule has 4 rings (SSSR count). The number of ether oxygens (including phenoxy) is 2. The standard InChI is InChI=1S/C20H17N3O2S/c1-24-16-11-9-15(10-12-16)23-19(21-22-20(23)26)13-25-18-8-4-6-14-5-2-3-7-17(14)18/h2-12H,13H2,1H3,(H,22,26). The van der Waals surface area contributed by atoms with Gasteiger partial charge in [0.1, 0.15) is 18.1 Å². The molecular weight excluding hydrogens is 346 g/mol. The van der Waals surface area contributed by atoms with E-state index in [1.165, 1.54) is 0 Å². The molecular formula is C20H17N3O2S. The lowest BCUT2D eigenvalue weighted by Crippen LogP contribution is -2.06. The fraction of sp³-hybridized carbons (Fsp3) is 0.100. The van der Waals surface area contributed by atoms with Crippen molar-refractivity contribution in [2.75, 3.05) is 7.11 Å². The van der Waals surface area contributed by atoms with Crippen molar-refractivity contribution in [3.63, 3.8) is 0 Å². The second-order valence-corrected chi connectivity index (χ2v) is 6.13. The topological polar surface area (TPSA) is 52.1 Å². The molecule has 1 aromatic heterocycles. The molecule has 0 radical (unpaired) electrons. The minimum absolute atomic E-state index is 0.299. The summed E-state index contributed by atoms with van der Waals surface area (Å²) in [6.45, 7) is 0.299. The SMILES string of the molecule is COc1ccc(-n2c(COc3cccc4ccccc34)n[nH]c2=S)cc1. The normalized spacial score (nSPS) is 10.8. The Balaban J connectivity index is 1.64. The third-order valence-corrected chi connectivity index (χ3v) is 4.45. The van der Waals surface area contributed by atoms with Gasteiger partial charge < -0.3 is 9.47 Å². The molecule has 0 bridgehead atoms. The van der Waals surface area contributed by atoms with Crippen molar-refractivity contribution in [3.05, 3.63) is 77.3 Å². The highest BCUT2D eigenvalue weighted by Crippen LogP contribution is 2.26. The lowest BCUT2D eigenvalue weighted by Gasteiger charge is -2.11. The van der Waals surface area contributed by atoms with Gasteiger partial charge >= 0.3 is 0 Å². The van der Waals surface area contributed by atoms with E-state index in [1.807, 2.05) is 59.2 Å². The van der Waals surface area contributed by atoms with Crippen molar-refractivity contribution in [1.82, 2.24) is 14.8 Å². The molecule has 26 heavy (non-hydrogen) atoms. The van der Waals surface area contributed by atoms with E-state index >= 15 is 0 Å². The molecule has 130 valence electrons. The summed E-state index contributed by atoms with van der Waals surface area (Å²) in [5.41, 5.74) is 0.904. The van der Waals surface area contributed by atoms with Crippen LogP contribution in [0.25, 0.3) is 16.5 Å². The van der Waals surface area contributed by atoms with Gasteiger partial charge in [-0.3, -0.25) is 9.67 Å². The zero-order chi connectivity index (χ0) is 17.9. The summed E-state index contributed by atoms with van der Waals surface area (Å²) in [6, 6.07) is 21.8. The number of nitrogens with zero attached hydrogens (tertiary/aromatic N) is 2. The molecule has 0 saturated carbocycles. The molecule has 0 unspecified atom stereocenters. The molecule has 0 aliphatic heterocycles. The van der Waals surface area contributed by atoms with Gasteiger partial charge in [0.15, 0.2) is 10.6 Å². The Morgan fingerprint density at radius 3 is 2.58 bits per heavy atom. The summed E-state index contributed by atoms with van der Waals surface area (Å²) >= 11 is 5.38. The Hall–Kier alpha value is -3.12. The lowest BCUT2D eigenvalue weighted by atomic mass is 10.1. The molecule has 3 aromatic carbocycles. The minimum Gasteiger partial charge on any atom is -0.497 e. The second kappa shape index (κ2) is 7.01. The predicted octanol–water partition coefficient (Wildman–Crippen LogP) is 4.67. The van der Waals surface area contributed by atoms with Crippen LogP contribution >= 0.6 is 12.2 Å². The van der Waals surface area contributed by atoms with E-state index in [9.17, 15) is 0 Å². The molecule has 0 saturated heterocycles. The number of fused-ring (bicyclic) bond motifs is 1. The van der Waals surface area contributed by atoms with Gasteiger partial charge in [-0.25, -0.2) is 0 Å². The molecule has 0 fully saturated rings. The maximum atomic E-state index is 6.05. The summed E-state index contributed by atoms with van der Waals surface area (Å²) < 4.78 is 13.6. The van der Waals surface area contributed by atoms with Crippen LogP contribution in [0.2, 0.25) is 0 Å². The van der Waals surface area contributed by atoms with Crippen LogP contribution in [-0.4, -0.2) is 21.9 Å². The van der Waals surface area contributed by atoms with Crippen molar-refractivity contribution >= 4 is 23.0 Å². The fourth-order valence-electron chi connectivity index (χ4n) is 2.89. The molecule has 1 heterocycles. The molecule has 0 spiro atoms. The van der Waals surface area contributed by atoms with Crippen molar-refractivity contribution in [1.29, 1.82) is 0 Å². The van der Waals surface area contributed by atoms with E-state index < -0.39 is 0 Å². The van der Waals surface area contributed by atoms with E-state index in [-0.39, 0.29) is 0 Å². The highest BCUT2D eigenvalue weighted by molar-refractivity contribution is 7.71. The highest BCUT2D eigenvalue weighted by Gasteiger charge is 2.10. The molecule has 0 amide bonds. The Morgan fingerprint density at radius 2 is 1.77 bits per heavy atom. The third kappa shape index (κ3) is 3.07. The number of aromatic nitrogens is 3. The number of hydrogen-bond donors (Lipinski definition) is 1. The number of nitrogens with one attached hydrogen (secondary N) is 1. The fourth-order valence-corrected chi connectivity index (χ4v) is 3.14. The van der Waals surface area contributed by atoms with Gasteiger partial charge in [0.2, 0.25) is 0 Å². The van der Waals surface area contributed by atoms with Gasteiger partial charge in [-0.15, -0.1) is 0 Å². The molecule has 4 aromatic rings. The largest absolute Gasteiger partial charge is 0.497 e. The first kappa shape index (κ1) is 16.4. The van der Waals surface area contributed by atoms with Crippen LogP contribution in [0.5, 0.6) is 11.5 Å². The van der Waals surface area contributed by atoms with Crippen molar-refractivity contribution in [2.24, 2.45) is 0 Å². The summed E-state index contributed by atoms with van der Waals surface area (Å²) in [4.78, 5) is 0. The summed E-state index contributed by atoms with van der Waals surface area (Å²) in [5.74, 6) is 2.31. The van der Waals surface area contributed by atoms with E-state index in [4.69, 9.17) is 21.7 Å². The second-order valence-electron chi connectivity index (χ2n) is 5.74. The predicted molar refractivity (Wildman–Crippen MR) is 104 cm³/mol. The number of rotatable bonds is 5. The first-order valence-electron chi connectivity index (χ1n) is 8.17. The van der Waals surface area contributed by atoms with Crippen LogP contribution in [0.3, 0.4) is 0 Å². The Kier molecular flexibility index (Phi) is 4.41. The van der Waals surface area contributed by atoms with E-state index in [0.717, 1.165) is 28.0 Å². The minimum atomic E-state index is 0.299. The number of methoxy groups -OCH3 is 1. The average molecular weight is 363 g/mol. The van der Waals surface area contributed by atoms with Crippen LogP contribution in [-0.2, 0) is 6.61 Å². The zero-order valence-corrected chi connectivity index (χ0v) is 15.0. The van der Waals surface area contributed by atoms with Crippen LogP contribution in [0, 0.1) is 4.77 Å². The maximum Gasteiger partial charge on any atom is 0.199 e. The molecule has 5 nitrogen and oxygen atoms in total. The molecule has 0 aliphatic rings. The van der Waals surface area contributed by atoms with Crippen LogP contribution < -0.4 is 9.47 Å². The Bertz CT molecular complexity index is 1090. The number of aromatic amines is 1. The third-order valence-electron chi connectivity index (χ3n) is 4.18.